The van der Waals surface area contributed by atoms with Crippen molar-refractivity contribution in [2.45, 2.75) is 26.4 Å². The minimum Gasteiger partial charge on any atom is -0.496 e. The zero-order valence-electron chi connectivity index (χ0n) is 6.55. The lowest BCUT2D eigenvalue weighted by atomic mass is 10.2. The third kappa shape index (κ3) is 7.01. The molecule has 0 atom stereocenters. The molecule has 0 aliphatic carbocycles. The Morgan fingerprint density at radius 2 is 2.00 bits per heavy atom. The highest BCUT2D eigenvalue weighted by Gasteiger charge is 2.06. The molecule has 0 saturated heterocycles. The Kier molecular flexibility index (Phi) is 2.93. The lowest BCUT2D eigenvalue weighted by Crippen LogP contribution is -2.16. The summed E-state index contributed by atoms with van der Waals surface area (Å²) < 4.78 is 5.06. The molecule has 0 heterocycles. The highest BCUT2D eigenvalue weighted by atomic mass is 16.5. The SMILES string of the molecule is CC(C)(C)OC=CC(N)=O. The normalized spacial score (nSPS) is 11.9. The van der Waals surface area contributed by atoms with E-state index in [1.807, 2.05) is 20.8 Å². The van der Waals surface area contributed by atoms with Crippen molar-refractivity contribution < 1.29 is 9.53 Å². The summed E-state index contributed by atoms with van der Waals surface area (Å²) in [7, 11) is 0. The van der Waals surface area contributed by atoms with E-state index in [1.165, 1.54) is 12.3 Å². The fourth-order valence-corrected chi connectivity index (χ4v) is 0.305. The van der Waals surface area contributed by atoms with Crippen LogP contribution in [-0.4, -0.2) is 11.5 Å². The van der Waals surface area contributed by atoms with Crippen LogP contribution in [-0.2, 0) is 9.53 Å². The largest absolute Gasteiger partial charge is 0.496 e. The van der Waals surface area contributed by atoms with Crippen molar-refractivity contribution >= 4 is 5.91 Å². The second-order valence-corrected chi connectivity index (χ2v) is 2.94. The molecule has 0 fully saturated rings. The van der Waals surface area contributed by atoms with Gasteiger partial charge in [0.1, 0.15) is 0 Å². The summed E-state index contributed by atoms with van der Waals surface area (Å²) in [5.41, 5.74) is 4.56. The number of hydrogen-bond acceptors (Lipinski definition) is 2. The van der Waals surface area contributed by atoms with Crippen LogP contribution >= 0.6 is 0 Å². The first kappa shape index (κ1) is 9.01. The van der Waals surface area contributed by atoms with E-state index < -0.39 is 5.91 Å². The van der Waals surface area contributed by atoms with Gasteiger partial charge in [-0.15, -0.1) is 0 Å². The summed E-state index contributed by atoms with van der Waals surface area (Å²) in [5, 5.41) is 0. The minimum absolute atomic E-state index is 0.258. The molecule has 1 amide bonds. The molecule has 58 valence electrons. The zero-order valence-corrected chi connectivity index (χ0v) is 6.55. The Labute approximate surface area is 60.9 Å². The number of carbonyl (C=O) groups is 1. The Bertz CT molecular complexity index is 144. The maximum Gasteiger partial charge on any atom is 0.244 e. The molecule has 0 rings (SSSR count). The van der Waals surface area contributed by atoms with Gasteiger partial charge in [0.25, 0.3) is 0 Å². The fraction of sp³-hybridized carbons (Fsp3) is 0.571. The summed E-state index contributed by atoms with van der Waals surface area (Å²) in [6, 6.07) is 0. The van der Waals surface area contributed by atoms with Crippen LogP contribution in [0.5, 0.6) is 0 Å². The molecule has 0 aromatic heterocycles. The van der Waals surface area contributed by atoms with Crippen molar-refractivity contribution in [3.8, 4) is 0 Å². The monoisotopic (exact) mass is 143 g/mol. The third-order valence-corrected chi connectivity index (χ3v) is 0.654. The van der Waals surface area contributed by atoms with E-state index in [4.69, 9.17) is 10.5 Å². The molecule has 3 heteroatoms. The van der Waals surface area contributed by atoms with Gasteiger partial charge in [0.05, 0.1) is 11.9 Å². The van der Waals surface area contributed by atoms with Crippen LogP contribution < -0.4 is 5.73 Å². The molecule has 2 N–H and O–H groups in total. The first-order chi connectivity index (χ1) is 4.42. The van der Waals surface area contributed by atoms with Crippen LogP contribution in [0, 0.1) is 0 Å². The van der Waals surface area contributed by atoms with Crippen LogP contribution in [0.15, 0.2) is 12.3 Å². The van der Waals surface area contributed by atoms with Gasteiger partial charge in [-0.1, -0.05) is 0 Å². The molecule has 10 heavy (non-hydrogen) atoms. The van der Waals surface area contributed by atoms with Crippen LogP contribution in [0.4, 0.5) is 0 Å². The second kappa shape index (κ2) is 3.25. The van der Waals surface area contributed by atoms with Crippen molar-refractivity contribution in [1.82, 2.24) is 0 Å². The van der Waals surface area contributed by atoms with Crippen molar-refractivity contribution in [2.75, 3.05) is 0 Å². The maximum absolute atomic E-state index is 10.1. The first-order valence-electron chi connectivity index (χ1n) is 3.05. The van der Waals surface area contributed by atoms with Gasteiger partial charge in [0, 0.05) is 6.08 Å². The highest BCUT2D eigenvalue weighted by Crippen LogP contribution is 2.06. The highest BCUT2D eigenvalue weighted by molar-refractivity contribution is 5.85. The average Bonchev–Trinajstić information content (AvgIpc) is 1.59. The summed E-state index contributed by atoms with van der Waals surface area (Å²) in [5.74, 6) is -0.496. The van der Waals surface area contributed by atoms with E-state index in [0.717, 1.165) is 0 Å². The zero-order chi connectivity index (χ0) is 8.20. The predicted molar refractivity (Wildman–Crippen MR) is 39.2 cm³/mol. The van der Waals surface area contributed by atoms with Gasteiger partial charge in [-0.3, -0.25) is 4.79 Å². The van der Waals surface area contributed by atoms with Gasteiger partial charge in [0.15, 0.2) is 0 Å². The first-order valence-corrected chi connectivity index (χ1v) is 3.05. The van der Waals surface area contributed by atoms with Crippen LogP contribution in [0.1, 0.15) is 20.8 Å². The average molecular weight is 143 g/mol. The Morgan fingerprint density at radius 1 is 1.50 bits per heavy atom. The molecular formula is C7H13NO2. The number of primary amides is 1. The minimum atomic E-state index is -0.496. The predicted octanol–water partition coefficient (Wildman–Crippen LogP) is 0.800. The molecule has 0 aromatic rings. The van der Waals surface area contributed by atoms with E-state index in [2.05, 4.69) is 0 Å². The molecule has 0 radical (unpaired) electrons. The number of hydrogen-bond donors (Lipinski definition) is 1. The van der Waals surface area contributed by atoms with Crippen LogP contribution in [0.25, 0.3) is 0 Å². The Hall–Kier alpha value is -0.990. The maximum atomic E-state index is 10.1. The van der Waals surface area contributed by atoms with Gasteiger partial charge >= 0.3 is 0 Å². The lowest BCUT2D eigenvalue weighted by Gasteiger charge is -2.17. The summed E-state index contributed by atoms with van der Waals surface area (Å²) in [4.78, 5) is 10.1. The van der Waals surface area contributed by atoms with E-state index >= 15 is 0 Å². The smallest absolute Gasteiger partial charge is 0.244 e. The molecular weight excluding hydrogens is 130 g/mol. The standard InChI is InChI=1S/C7H13NO2/c1-7(2,3)10-5-4-6(8)9/h4-5H,1-3H3,(H2,8,9). The molecule has 0 aromatic carbocycles. The van der Waals surface area contributed by atoms with Crippen molar-refractivity contribution in [3.05, 3.63) is 12.3 Å². The molecule has 0 aliphatic rings. The summed E-state index contributed by atoms with van der Waals surface area (Å²) in [6.07, 6.45) is 2.49. The molecule has 3 nitrogen and oxygen atoms in total. The summed E-state index contributed by atoms with van der Waals surface area (Å²) in [6.45, 7) is 5.66. The number of ether oxygens (including phenoxy) is 1. The Balaban J connectivity index is 3.64. The fourth-order valence-electron chi connectivity index (χ4n) is 0.305. The third-order valence-electron chi connectivity index (χ3n) is 0.654. The number of rotatable bonds is 2. The quantitative estimate of drug-likeness (QED) is 0.459. The molecule has 0 saturated carbocycles. The van der Waals surface area contributed by atoms with Gasteiger partial charge in [-0.05, 0) is 20.8 Å². The number of nitrogens with two attached hydrogens (primary N) is 1. The molecule has 0 aliphatic heterocycles. The number of amides is 1. The molecule has 0 spiro atoms. The van der Waals surface area contributed by atoms with Gasteiger partial charge in [-0.2, -0.15) is 0 Å². The topological polar surface area (TPSA) is 52.3 Å². The van der Waals surface area contributed by atoms with Crippen molar-refractivity contribution in [3.63, 3.8) is 0 Å². The Morgan fingerprint density at radius 3 is 2.30 bits per heavy atom. The van der Waals surface area contributed by atoms with Gasteiger partial charge in [-0.25, -0.2) is 0 Å². The van der Waals surface area contributed by atoms with Crippen LogP contribution in [0.2, 0.25) is 0 Å². The van der Waals surface area contributed by atoms with Gasteiger partial charge < -0.3 is 10.5 Å². The lowest BCUT2D eigenvalue weighted by molar-refractivity contribution is -0.113. The van der Waals surface area contributed by atoms with E-state index in [0.29, 0.717) is 0 Å². The van der Waals surface area contributed by atoms with Crippen molar-refractivity contribution in [2.24, 2.45) is 5.73 Å². The molecule has 0 unspecified atom stereocenters. The number of carbonyl (C=O) groups excluding carboxylic acids is 1. The van der Waals surface area contributed by atoms with Crippen LogP contribution in [0.3, 0.4) is 0 Å². The van der Waals surface area contributed by atoms with E-state index in [1.54, 1.807) is 0 Å². The second-order valence-electron chi connectivity index (χ2n) is 2.94. The summed E-state index contributed by atoms with van der Waals surface area (Å²) >= 11 is 0. The van der Waals surface area contributed by atoms with E-state index in [9.17, 15) is 4.79 Å². The van der Waals surface area contributed by atoms with Crippen molar-refractivity contribution in [1.29, 1.82) is 0 Å². The molecule has 0 bridgehead atoms. The van der Waals surface area contributed by atoms with Gasteiger partial charge in [0.2, 0.25) is 5.91 Å². The van der Waals surface area contributed by atoms with E-state index in [-0.39, 0.29) is 5.60 Å².